The van der Waals surface area contributed by atoms with E-state index in [1.165, 1.54) is 6.07 Å². The maximum Gasteiger partial charge on any atom is 0.416 e. The maximum atomic E-state index is 13.6. The first kappa shape index (κ1) is 26.8. The third-order valence-electron chi connectivity index (χ3n) is 7.60. The molecule has 0 radical (unpaired) electrons. The van der Waals surface area contributed by atoms with Crippen molar-refractivity contribution in [3.8, 4) is 0 Å². The number of carbonyl (C=O) groups excluding carboxylic acids is 1. The van der Waals surface area contributed by atoms with Gasteiger partial charge in [0.2, 0.25) is 0 Å². The van der Waals surface area contributed by atoms with Gasteiger partial charge in [-0.15, -0.1) is 0 Å². The molecular formula is C27H34F3N5O3. The summed E-state index contributed by atoms with van der Waals surface area (Å²) in [5, 5.41) is 6.71. The number of ether oxygens (including phenoxy) is 2. The summed E-state index contributed by atoms with van der Waals surface area (Å²) in [5.74, 6) is 0.937. The van der Waals surface area contributed by atoms with Gasteiger partial charge in [0, 0.05) is 56.1 Å². The number of halogens is 3. The first-order valence-electron chi connectivity index (χ1n) is 13.2. The van der Waals surface area contributed by atoms with E-state index in [1.807, 2.05) is 4.90 Å². The van der Waals surface area contributed by atoms with Gasteiger partial charge in [0.25, 0.3) is 5.91 Å². The number of nitrogens with one attached hydrogen (secondary N) is 2. The summed E-state index contributed by atoms with van der Waals surface area (Å²) in [4.78, 5) is 24.6. The Balaban J connectivity index is 1.30. The van der Waals surface area contributed by atoms with E-state index in [-0.39, 0.29) is 35.7 Å². The smallest absolute Gasteiger partial charge is 0.379 e. The molecule has 1 aromatic carbocycles. The van der Waals surface area contributed by atoms with Crippen molar-refractivity contribution in [1.82, 2.24) is 20.2 Å². The number of benzene rings is 1. The van der Waals surface area contributed by atoms with Crippen molar-refractivity contribution in [2.24, 2.45) is 0 Å². The number of hydrogen-bond donors (Lipinski definition) is 2. The fourth-order valence-electron chi connectivity index (χ4n) is 5.13. The Hall–Kier alpha value is -2.76. The average Bonchev–Trinajstić information content (AvgIpc) is 3.76. The van der Waals surface area contributed by atoms with Crippen LogP contribution in [0.25, 0.3) is 0 Å². The molecule has 0 bridgehead atoms. The lowest BCUT2D eigenvalue weighted by Gasteiger charge is -2.38. The topological polar surface area (TPSA) is 88.6 Å². The van der Waals surface area contributed by atoms with Crippen molar-refractivity contribution < 1.29 is 27.4 Å². The fourth-order valence-corrected chi connectivity index (χ4v) is 5.13. The largest absolute Gasteiger partial charge is 0.416 e. The number of alkyl halides is 3. The fraction of sp³-hybridized carbons (Fsp3) is 0.593. The normalized spacial score (nSPS) is 22.9. The number of likely N-dealkylation sites (tertiary alicyclic amines) is 1. The molecule has 1 saturated carbocycles. The van der Waals surface area contributed by atoms with Gasteiger partial charge in [0.05, 0.1) is 18.3 Å². The molecule has 1 aliphatic carbocycles. The zero-order valence-corrected chi connectivity index (χ0v) is 21.7. The van der Waals surface area contributed by atoms with Crippen LogP contribution >= 0.6 is 0 Å². The number of rotatable bonds is 7. The van der Waals surface area contributed by atoms with Gasteiger partial charge in [-0.05, 0) is 57.2 Å². The van der Waals surface area contributed by atoms with Crippen molar-refractivity contribution in [3.63, 3.8) is 0 Å². The average molecular weight is 534 g/mol. The third kappa shape index (κ3) is 6.10. The Morgan fingerprint density at radius 3 is 2.58 bits per heavy atom. The number of aromatic nitrogens is 2. The summed E-state index contributed by atoms with van der Waals surface area (Å²) in [6.45, 7) is 4.22. The SMILES string of the molecule is COC1COCCC1NC1CCN(C(=O)c2nc(C3CC3)nc(Nc3cccc(C(F)(F)F)c3)c2C)CC1. The van der Waals surface area contributed by atoms with E-state index in [0.717, 1.165) is 44.2 Å². The van der Waals surface area contributed by atoms with Crippen LogP contribution in [-0.2, 0) is 15.7 Å². The van der Waals surface area contributed by atoms with Crippen LogP contribution in [0.5, 0.6) is 0 Å². The number of carbonyl (C=O) groups is 1. The molecule has 2 saturated heterocycles. The second-order valence-corrected chi connectivity index (χ2v) is 10.4. The van der Waals surface area contributed by atoms with Crippen molar-refractivity contribution in [3.05, 3.63) is 46.9 Å². The molecule has 2 aromatic rings. The Morgan fingerprint density at radius 2 is 1.89 bits per heavy atom. The predicted octanol–water partition coefficient (Wildman–Crippen LogP) is 4.42. The van der Waals surface area contributed by atoms with Crippen molar-refractivity contribution in [2.75, 3.05) is 38.7 Å². The van der Waals surface area contributed by atoms with Crippen molar-refractivity contribution in [1.29, 1.82) is 0 Å². The quantitative estimate of drug-likeness (QED) is 0.545. The van der Waals surface area contributed by atoms with Gasteiger partial charge in [-0.1, -0.05) is 6.07 Å². The van der Waals surface area contributed by atoms with Crippen LogP contribution < -0.4 is 10.6 Å². The van der Waals surface area contributed by atoms with Crippen LogP contribution in [0.3, 0.4) is 0 Å². The lowest BCUT2D eigenvalue weighted by molar-refractivity contribution is -0.137. The van der Waals surface area contributed by atoms with Crippen LogP contribution in [0.2, 0.25) is 0 Å². The van der Waals surface area contributed by atoms with Crippen LogP contribution in [0.15, 0.2) is 24.3 Å². The molecule has 11 heteroatoms. The second-order valence-electron chi connectivity index (χ2n) is 10.4. The lowest BCUT2D eigenvalue weighted by Crippen LogP contribution is -2.54. The molecular weight excluding hydrogens is 499 g/mol. The minimum Gasteiger partial charge on any atom is -0.379 e. The summed E-state index contributed by atoms with van der Waals surface area (Å²) in [6.07, 6.45) is -0.0336. The minimum absolute atomic E-state index is 0.0238. The molecule has 3 fully saturated rings. The highest BCUT2D eigenvalue weighted by Crippen LogP contribution is 2.39. The molecule has 1 aromatic heterocycles. The summed E-state index contributed by atoms with van der Waals surface area (Å²) in [6, 6.07) is 5.49. The number of amides is 1. The number of piperidine rings is 1. The second kappa shape index (κ2) is 11.2. The molecule has 206 valence electrons. The summed E-state index contributed by atoms with van der Waals surface area (Å²) in [7, 11) is 1.70. The van der Waals surface area contributed by atoms with Crippen LogP contribution in [0.1, 0.15) is 65.5 Å². The van der Waals surface area contributed by atoms with Gasteiger partial charge in [-0.3, -0.25) is 4.79 Å². The molecule has 2 aliphatic heterocycles. The minimum atomic E-state index is -4.45. The highest BCUT2D eigenvalue weighted by Gasteiger charge is 2.34. The number of hydrogen-bond acceptors (Lipinski definition) is 7. The molecule has 2 unspecified atom stereocenters. The molecule has 8 nitrogen and oxygen atoms in total. The monoisotopic (exact) mass is 533 g/mol. The van der Waals surface area contributed by atoms with Crippen LogP contribution in [0, 0.1) is 6.92 Å². The van der Waals surface area contributed by atoms with Gasteiger partial charge in [-0.2, -0.15) is 13.2 Å². The van der Waals surface area contributed by atoms with Crippen LogP contribution in [-0.4, -0.2) is 72.4 Å². The maximum absolute atomic E-state index is 13.6. The predicted molar refractivity (Wildman–Crippen MR) is 136 cm³/mol. The van der Waals surface area contributed by atoms with Gasteiger partial charge >= 0.3 is 6.18 Å². The van der Waals surface area contributed by atoms with Crippen molar-refractivity contribution >= 4 is 17.4 Å². The van der Waals surface area contributed by atoms with E-state index >= 15 is 0 Å². The van der Waals surface area contributed by atoms with E-state index in [2.05, 4.69) is 20.6 Å². The standard InChI is InChI=1S/C27H34F3N5O3/c1-16-23(26(36)35-11-8-19(9-12-35)31-21-10-13-38-15-22(21)37-2)33-25(17-6-7-17)34-24(16)32-20-5-3-4-18(14-20)27(28,29)30/h3-5,14,17,19,21-22,31H,6-13,15H2,1-2H3,(H,32,33,34). The Labute approximate surface area is 220 Å². The lowest BCUT2D eigenvalue weighted by atomic mass is 9.99. The highest BCUT2D eigenvalue weighted by molar-refractivity contribution is 5.95. The Bertz CT molecular complexity index is 1150. The summed E-state index contributed by atoms with van der Waals surface area (Å²) in [5.41, 5.74) is 0.354. The van der Waals surface area contributed by atoms with Gasteiger partial charge in [0.1, 0.15) is 17.3 Å². The molecule has 1 amide bonds. The number of anilines is 2. The van der Waals surface area contributed by atoms with E-state index in [4.69, 9.17) is 9.47 Å². The summed E-state index contributed by atoms with van der Waals surface area (Å²) < 4.78 is 50.7. The van der Waals surface area contributed by atoms with Gasteiger partial charge < -0.3 is 25.0 Å². The van der Waals surface area contributed by atoms with Crippen molar-refractivity contribution in [2.45, 2.75) is 69.3 Å². The van der Waals surface area contributed by atoms with E-state index < -0.39 is 11.7 Å². The summed E-state index contributed by atoms with van der Waals surface area (Å²) >= 11 is 0. The molecule has 2 N–H and O–H groups in total. The number of methoxy groups -OCH3 is 1. The van der Waals surface area contributed by atoms with Gasteiger partial charge in [-0.25, -0.2) is 9.97 Å². The molecule has 5 rings (SSSR count). The molecule has 2 atom stereocenters. The third-order valence-corrected chi connectivity index (χ3v) is 7.60. The Kier molecular flexibility index (Phi) is 7.88. The van der Waals surface area contributed by atoms with E-state index in [1.54, 1.807) is 20.1 Å². The zero-order chi connectivity index (χ0) is 26.9. The molecule has 0 spiro atoms. The van der Waals surface area contributed by atoms with Gasteiger partial charge in [0.15, 0.2) is 0 Å². The Morgan fingerprint density at radius 1 is 1.13 bits per heavy atom. The number of nitrogens with zero attached hydrogens (tertiary/aromatic N) is 3. The molecule has 38 heavy (non-hydrogen) atoms. The molecule has 3 aliphatic rings. The zero-order valence-electron chi connectivity index (χ0n) is 21.7. The van der Waals surface area contributed by atoms with E-state index in [0.29, 0.717) is 49.2 Å². The van der Waals surface area contributed by atoms with Crippen LogP contribution in [0.4, 0.5) is 24.7 Å². The first-order chi connectivity index (χ1) is 18.2. The van der Waals surface area contributed by atoms with E-state index in [9.17, 15) is 18.0 Å². The highest BCUT2D eigenvalue weighted by atomic mass is 19.4. The molecule has 3 heterocycles. The first-order valence-corrected chi connectivity index (χ1v) is 13.2.